The average Bonchev–Trinajstić information content (AvgIpc) is 3.78. The number of fused-ring (bicyclic) bond motifs is 10. The van der Waals surface area contributed by atoms with Gasteiger partial charge in [0.1, 0.15) is 6.07 Å². The number of benzene rings is 7. The number of rotatable bonds is 3. The van der Waals surface area contributed by atoms with Crippen LogP contribution in [0.3, 0.4) is 0 Å². The first-order chi connectivity index (χ1) is 23.3. The third kappa shape index (κ3) is 3.51. The van der Waals surface area contributed by atoms with Crippen molar-refractivity contribution < 1.29 is 0 Å². The van der Waals surface area contributed by atoms with Gasteiger partial charge in [-0.3, -0.25) is 0 Å². The quantitative estimate of drug-likeness (QED) is 0.199. The van der Waals surface area contributed by atoms with Crippen LogP contribution in [0.1, 0.15) is 5.56 Å². The van der Waals surface area contributed by atoms with Crippen molar-refractivity contribution in [2.45, 2.75) is 0 Å². The van der Waals surface area contributed by atoms with Crippen LogP contribution in [-0.2, 0) is 0 Å². The van der Waals surface area contributed by atoms with E-state index in [1.807, 2.05) is 18.2 Å². The Morgan fingerprint density at radius 1 is 0.362 bits per heavy atom. The molecule has 0 aliphatic heterocycles. The van der Waals surface area contributed by atoms with E-state index < -0.39 is 0 Å². The molecule has 218 valence electrons. The van der Waals surface area contributed by atoms with Crippen LogP contribution in [0.15, 0.2) is 158 Å². The number of aromatic nitrogens is 3. The average molecular weight is 599 g/mol. The van der Waals surface area contributed by atoms with Gasteiger partial charge in [-0.15, -0.1) is 0 Å². The molecule has 0 bridgehead atoms. The van der Waals surface area contributed by atoms with Crippen LogP contribution in [0.2, 0.25) is 0 Å². The molecule has 0 atom stereocenters. The van der Waals surface area contributed by atoms with Gasteiger partial charge < -0.3 is 13.7 Å². The molecular formula is C43H26N4. The highest BCUT2D eigenvalue weighted by Crippen LogP contribution is 2.43. The molecule has 0 aliphatic carbocycles. The van der Waals surface area contributed by atoms with Gasteiger partial charge >= 0.3 is 0 Å². The molecule has 3 aromatic heterocycles. The molecule has 0 spiro atoms. The molecule has 47 heavy (non-hydrogen) atoms. The Bertz CT molecular complexity index is 2900. The van der Waals surface area contributed by atoms with Crippen LogP contribution in [0.5, 0.6) is 0 Å². The summed E-state index contributed by atoms with van der Waals surface area (Å²) in [4.78, 5) is 0. The molecule has 4 nitrogen and oxygen atoms in total. The second kappa shape index (κ2) is 9.71. The predicted octanol–water partition coefficient (Wildman–Crippen LogP) is 10.8. The van der Waals surface area contributed by atoms with E-state index in [4.69, 9.17) is 0 Å². The topological polar surface area (TPSA) is 38.6 Å². The van der Waals surface area contributed by atoms with E-state index in [1.165, 1.54) is 21.5 Å². The first-order valence-electron chi connectivity index (χ1n) is 15.9. The molecule has 10 rings (SSSR count). The van der Waals surface area contributed by atoms with Crippen molar-refractivity contribution in [2.75, 3.05) is 0 Å². The van der Waals surface area contributed by atoms with Crippen molar-refractivity contribution in [3.05, 3.63) is 163 Å². The third-order valence-corrected chi connectivity index (χ3v) is 9.63. The van der Waals surface area contributed by atoms with Crippen molar-refractivity contribution in [1.29, 1.82) is 5.26 Å². The van der Waals surface area contributed by atoms with Crippen molar-refractivity contribution in [3.63, 3.8) is 0 Å². The van der Waals surface area contributed by atoms with E-state index in [0.717, 1.165) is 60.9 Å². The SMILES string of the molecule is N#Cc1cc(-n2c3ccccc3c3ccc4c(c5ccccc5n4-c4ccccc4)c32)cc2c3ccccc3n(-c3ccccc3)c12. The van der Waals surface area contributed by atoms with E-state index in [1.54, 1.807) is 0 Å². The summed E-state index contributed by atoms with van der Waals surface area (Å²) in [6.07, 6.45) is 0. The van der Waals surface area contributed by atoms with Crippen LogP contribution >= 0.6 is 0 Å². The number of hydrogen-bond donors (Lipinski definition) is 0. The summed E-state index contributed by atoms with van der Waals surface area (Å²) in [5.74, 6) is 0. The van der Waals surface area contributed by atoms with Crippen LogP contribution < -0.4 is 0 Å². The highest BCUT2D eigenvalue weighted by Gasteiger charge is 2.23. The Morgan fingerprint density at radius 2 is 0.872 bits per heavy atom. The minimum absolute atomic E-state index is 0.641. The van der Waals surface area contributed by atoms with E-state index in [9.17, 15) is 5.26 Å². The van der Waals surface area contributed by atoms with Gasteiger partial charge in [-0.1, -0.05) is 97.1 Å². The Morgan fingerprint density at radius 3 is 1.51 bits per heavy atom. The molecule has 0 amide bonds. The molecule has 0 aliphatic rings. The zero-order valence-electron chi connectivity index (χ0n) is 25.3. The summed E-state index contributed by atoms with van der Waals surface area (Å²) < 4.78 is 6.97. The zero-order valence-corrected chi connectivity index (χ0v) is 25.3. The fraction of sp³-hybridized carbons (Fsp3) is 0. The normalized spacial score (nSPS) is 11.8. The van der Waals surface area contributed by atoms with Gasteiger partial charge in [0.2, 0.25) is 0 Å². The van der Waals surface area contributed by atoms with Crippen LogP contribution in [-0.4, -0.2) is 13.7 Å². The van der Waals surface area contributed by atoms with E-state index in [2.05, 4.69) is 159 Å². The van der Waals surface area contributed by atoms with Gasteiger partial charge in [0.15, 0.2) is 0 Å². The fourth-order valence-electron chi connectivity index (χ4n) is 7.77. The van der Waals surface area contributed by atoms with E-state index >= 15 is 0 Å². The molecule has 3 heterocycles. The van der Waals surface area contributed by atoms with Crippen LogP contribution in [0.4, 0.5) is 0 Å². The van der Waals surface area contributed by atoms with Crippen molar-refractivity contribution in [2.24, 2.45) is 0 Å². The monoisotopic (exact) mass is 598 g/mol. The van der Waals surface area contributed by atoms with Crippen molar-refractivity contribution in [3.8, 4) is 23.1 Å². The molecule has 0 unspecified atom stereocenters. The minimum Gasteiger partial charge on any atom is -0.309 e. The lowest BCUT2D eigenvalue weighted by Crippen LogP contribution is -1.99. The molecule has 0 radical (unpaired) electrons. The molecule has 7 aromatic carbocycles. The summed E-state index contributed by atoms with van der Waals surface area (Å²) in [5, 5.41) is 17.7. The summed E-state index contributed by atoms with van der Waals surface area (Å²) in [5.41, 5.74) is 10.4. The Kier molecular flexibility index (Phi) is 5.32. The first-order valence-corrected chi connectivity index (χ1v) is 15.9. The molecule has 0 N–H and O–H groups in total. The molecule has 0 saturated carbocycles. The maximum absolute atomic E-state index is 10.7. The smallest absolute Gasteiger partial charge is 0.101 e. The molecule has 0 fully saturated rings. The zero-order chi connectivity index (χ0) is 31.1. The largest absolute Gasteiger partial charge is 0.309 e. The number of para-hydroxylation sites is 5. The van der Waals surface area contributed by atoms with Gasteiger partial charge in [-0.05, 0) is 60.7 Å². The van der Waals surface area contributed by atoms with E-state index in [0.29, 0.717) is 5.56 Å². The second-order valence-corrected chi connectivity index (χ2v) is 12.1. The van der Waals surface area contributed by atoms with E-state index in [-0.39, 0.29) is 0 Å². The molecule has 4 heteroatoms. The number of nitrogens with zero attached hydrogens (tertiary/aromatic N) is 4. The van der Waals surface area contributed by atoms with Gasteiger partial charge in [0, 0.05) is 49.4 Å². The molecule has 0 saturated heterocycles. The second-order valence-electron chi connectivity index (χ2n) is 12.1. The van der Waals surface area contributed by atoms with Crippen LogP contribution in [0.25, 0.3) is 82.5 Å². The minimum atomic E-state index is 0.641. The highest BCUT2D eigenvalue weighted by atomic mass is 15.0. The lowest BCUT2D eigenvalue weighted by Gasteiger charge is -2.13. The summed E-state index contributed by atoms with van der Waals surface area (Å²) in [6.45, 7) is 0. The van der Waals surface area contributed by atoms with Gasteiger partial charge in [-0.2, -0.15) is 5.26 Å². The number of hydrogen-bond acceptors (Lipinski definition) is 1. The highest BCUT2D eigenvalue weighted by molar-refractivity contribution is 6.26. The third-order valence-electron chi connectivity index (χ3n) is 9.63. The summed E-state index contributed by atoms with van der Waals surface area (Å²) in [7, 11) is 0. The Labute approximate surface area is 270 Å². The maximum Gasteiger partial charge on any atom is 0.101 e. The van der Waals surface area contributed by atoms with Gasteiger partial charge in [-0.25, -0.2) is 0 Å². The fourth-order valence-corrected chi connectivity index (χ4v) is 7.77. The lowest BCUT2D eigenvalue weighted by atomic mass is 10.1. The maximum atomic E-state index is 10.7. The summed E-state index contributed by atoms with van der Waals surface area (Å²) in [6, 6.07) is 58.1. The van der Waals surface area contributed by atoms with Gasteiger partial charge in [0.05, 0.1) is 38.7 Å². The molecular weight excluding hydrogens is 573 g/mol. The molecule has 10 aromatic rings. The summed E-state index contributed by atoms with van der Waals surface area (Å²) >= 11 is 0. The van der Waals surface area contributed by atoms with Crippen molar-refractivity contribution in [1.82, 2.24) is 13.7 Å². The van der Waals surface area contributed by atoms with Crippen LogP contribution in [0, 0.1) is 11.3 Å². The lowest BCUT2D eigenvalue weighted by molar-refractivity contribution is 1.16. The van der Waals surface area contributed by atoms with Crippen molar-refractivity contribution >= 4 is 65.4 Å². The standard InChI is InChI=1S/C43H26N4/c44-27-28-25-31(26-36-33-18-8-11-21-38(33)46(42(28)36)30-15-5-2-6-16-30)47-37-20-10-7-17-32(37)34-23-24-40-41(43(34)47)35-19-9-12-22-39(35)45(40)29-13-3-1-4-14-29/h1-26H. The first kappa shape index (κ1) is 25.7. The Hall–Kier alpha value is -6.57. The number of nitriles is 1. The van der Waals surface area contributed by atoms with Gasteiger partial charge in [0.25, 0.3) is 0 Å². The Balaban J connectivity index is 1.40. The predicted molar refractivity (Wildman–Crippen MR) is 194 cm³/mol.